The Kier molecular flexibility index (Phi) is 4.02. The molecule has 19 heavy (non-hydrogen) atoms. The van der Waals surface area contributed by atoms with E-state index in [1.165, 1.54) is 12.1 Å². The first-order chi connectivity index (χ1) is 9.22. The van der Waals surface area contributed by atoms with Gasteiger partial charge in [-0.3, -0.25) is 15.1 Å². The number of nitro groups is 1. The third-order valence-electron chi connectivity index (χ3n) is 2.57. The number of hydrogen-bond acceptors (Lipinski definition) is 5. The normalized spacial score (nSPS) is 10.2. The fourth-order valence-electron chi connectivity index (χ4n) is 1.69. The second kappa shape index (κ2) is 5.90. The van der Waals surface area contributed by atoms with Gasteiger partial charge in [0.05, 0.1) is 4.92 Å². The predicted molar refractivity (Wildman–Crippen MR) is 72.9 cm³/mol. The Morgan fingerprint density at radius 3 is 2.84 bits per heavy atom. The first-order valence-electron chi connectivity index (χ1n) is 6.02. The average Bonchev–Trinajstić information content (AvgIpc) is 2.45. The van der Waals surface area contributed by atoms with E-state index in [1.54, 1.807) is 24.5 Å². The highest BCUT2D eigenvalue weighted by atomic mass is 16.6. The molecule has 0 aliphatic carbocycles. The van der Waals surface area contributed by atoms with Gasteiger partial charge in [-0.25, -0.2) is 4.98 Å². The largest absolute Gasteiger partial charge is 0.368 e. The van der Waals surface area contributed by atoms with Crippen molar-refractivity contribution in [2.75, 3.05) is 11.9 Å². The Morgan fingerprint density at radius 1 is 1.32 bits per heavy atom. The summed E-state index contributed by atoms with van der Waals surface area (Å²) in [7, 11) is 0. The van der Waals surface area contributed by atoms with Gasteiger partial charge < -0.3 is 5.32 Å². The molecule has 2 aromatic rings. The molecule has 0 bridgehead atoms. The molecule has 0 atom stereocenters. The number of benzene rings is 1. The molecular formula is C13H14N4O2. The van der Waals surface area contributed by atoms with E-state index in [-0.39, 0.29) is 5.69 Å². The summed E-state index contributed by atoms with van der Waals surface area (Å²) < 4.78 is 0. The van der Waals surface area contributed by atoms with Crippen molar-refractivity contribution in [2.24, 2.45) is 0 Å². The molecular weight excluding hydrogens is 244 g/mol. The molecule has 6 nitrogen and oxygen atoms in total. The highest BCUT2D eigenvalue weighted by molar-refractivity contribution is 5.72. The van der Waals surface area contributed by atoms with Crippen molar-refractivity contribution in [2.45, 2.75) is 13.3 Å². The van der Waals surface area contributed by atoms with Crippen LogP contribution in [0.4, 0.5) is 11.5 Å². The van der Waals surface area contributed by atoms with Crippen LogP contribution in [0.3, 0.4) is 0 Å². The zero-order valence-corrected chi connectivity index (χ0v) is 10.5. The van der Waals surface area contributed by atoms with Gasteiger partial charge in [-0.05, 0) is 6.42 Å². The van der Waals surface area contributed by atoms with Gasteiger partial charge in [0, 0.05) is 36.6 Å². The van der Waals surface area contributed by atoms with Crippen molar-refractivity contribution >= 4 is 11.5 Å². The summed E-state index contributed by atoms with van der Waals surface area (Å²) in [5.74, 6) is 0.643. The minimum atomic E-state index is -0.418. The van der Waals surface area contributed by atoms with Crippen LogP contribution in [0.5, 0.6) is 0 Å². The lowest BCUT2D eigenvalue weighted by Crippen LogP contribution is -2.04. The van der Waals surface area contributed by atoms with Crippen LogP contribution in [0.15, 0.2) is 36.7 Å². The Morgan fingerprint density at radius 2 is 2.11 bits per heavy atom. The molecule has 6 heteroatoms. The highest BCUT2D eigenvalue weighted by Crippen LogP contribution is 2.26. The second-order valence-electron chi connectivity index (χ2n) is 3.99. The summed E-state index contributed by atoms with van der Waals surface area (Å²) in [5.41, 5.74) is 1.35. The molecule has 0 spiro atoms. The fourth-order valence-corrected chi connectivity index (χ4v) is 1.69. The maximum Gasteiger partial charge on any atom is 0.270 e. The summed E-state index contributed by atoms with van der Waals surface area (Å²) in [6, 6.07) is 6.39. The zero-order valence-electron chi connectivity index (χ0n) is 10.5. The molecule has 0 saturated heterocycles. The van der Waals surface area contributed by atoms with E-state index in [1.807, 2.05) is 0 Å². The Hall–Kier alpha value is -2.50. The Labute approximate surface area is 110 Å². The van der Waals surface area contributed by atoms with Gasteiger partial charge in [-0.15, -0.1) is 0 Å². The molecule has 0 amide bonds. The smallest absolute Gasteiger partial charge is 0.270 e. The number of nitrogens with zero attached hydrogens (tertiary/aromatic N) is 3. The van der Waals surface area contributed by atoms with Crippen molar-refractivity contribution < 1.29 is 4.92 Å². The lowest BCUT2D eigenvalue weighted by molar-refractivity contribution is -0.384. The molecule has 0 aliphatic rings. The Balaban J connectivity index is 2.40. The van der Waals surface area contributed by atoms with Crippen LogP contribution in [0.1, 0.15) is 13.3 Å². The monoisotopic (exact) mass is 258 g/mol. The highest BCUT2D eigenvalue weighted by Gasteiger charge is 2.11. The minimum absolute atomic E-state index is 0.0459. The van der Waals surface area contributed by atoms with E-state index in [0.29, 0.717) is 17.1 Å². The lowest BCUT2D eigenvalue weighted by Gasteiger charge is -2.08. The van der Waals surface area contributed by atoms with E-state index >= 15 is 0 Å². The van der Waals surface area contributed by atoms with Crippen LogP contribution in [0.2, 0.25) is 0 Å². The minimum Gasteiger partial charge on any atom is -0.368 e. The summed E-state index contributed by atoms with van der Waals surface area (Å²) >= 11 is 0. The summed E-state index contributed by atoms with van der Waals surface area (Å²) in [6.07, 6.45) is 4.13. The van der Waals surface area contributed by atoms with Gasteiger partial charge in [0.15, 0.2) is 5.82 Å². The molecule has 0 unspecified atom stereocenters. The van der Waals surface area contributed by atoms with Crippen molar-refractivity contribution in [1.29, 1.82) is 0 Å². The second-order valence-corrected chi connectivity index (χ2v) is 3.99. The molecule has 0 aliphatic heterocycles. The molecule has 1 N–H and O–H groups in total. The molecule has 1 aromatic carbocycles. The van der Waals surface area contributed by atoms with Crippen molar-refractivity contribution in [3.8, 4) is 11.3 Å². The van der Waals surface area contributed by atoms with Crippen LogP contribution in [0.25, 0.3) is 11.3 Å². The molecule has 1 heterocycles. The molecule has 98 valence electrons. The molecule has 1 aromatic heterocycles. The van der Waals surface area contributed by atoms with Gasteiger partial charge >= 0.3 is 0 Å². The van der Waals surface area contributed by atoms with Gasteiger partial charge in [0.1, 0.15) is 5.69 Å². The van der Waals surface area contributed by atoms with Gasteiger partial charge in [-0.1, -0.05) is 19.1 Å². The van der Waals surface area contributed by atoms with Crippen molar-refractivity contribution in [3.05, 3.63) is 46.8 Å². The van der Waals surface area contributed by atoms with E-state index in [2.05, 4.69) is 22.2 Å². The van der Waals surface area contributed by atoms with E-state index < -0.39 is 4.92 Å². The van der Waals surface area contributed by atoms with Crippen LogP contribution in [-0.2, 0) is 0 Å². The first kappa shape index (κ1) is 12.9. The van der Waals surface area contributed by atoms with E-state index in [9.17, 15) is 10.1 Å². The van der Waals surface area contributed by atoms with Crippen LogP contribution < -0.4 is 5.32 Å². The fraction of sp³-hybridized carbons (Fsp3) is 0.231. The van der Waals surface area contributed by atoms with Crippen LogP contribution >= 0.6 is 0 Å². The average molecular weight is 258 g/mol. The summed E-state index contributed by atoms with van der Waals surface area (Å²) in [6.45, 7) is 2.83. The topological polar surface area (TPSA) is 81.0 Å². The van der Waals surface area contributed by atoms with Crippen LogP contribution in [-0.4, -0.2) is 21.4 Å². The lowest BCUT2D eigenvalue weighted by atomic mass is 10.1. The third-order valence-corrected chi connectivity index (χ3v) is 2.57. The summed E-state index contributed by atoms with van der Waals surface area (Å²) in [4.78, 5) is 18.9. The number of nitrogens with one attached hydrogen (secondary N) is 1. The quantitative estimate of drug-likeness (QED) is 0.658. The molecule has 0 radical (unpaired) electrons. The molecule has 0 saturated carbocycles. The van der Waals surface area contributed by atoms with E-state index in [0.717, 1.165) is 13.0 Å². The summed E-state index contributed by atoms with van der Waals surface area (Å²) in [5, 5.41) is 14.0. The number of hydrogen-bond donors (Lipinski definition) is 1. The number of non-ortho nitro benzene ring substituents is 1. The maximum atomic E-state index is 10.8. The SMILES string of the molecule is CCCNc1nccnc1-c1cccc([N+](=O)[O-])c1. The number of nitro benzene ring substituents is 1. The van der Waals surface area contributed by atoms with Crippen molar-refractivity contribution in [1.82, 2.24) is 9.97 Å². The third kappa shape index (κ3) is 3.04. The first-order valence-corrected chi connectivity index (χ1v) is 6.02. The van der Waals surface area contributed by atoms with Gasteiger partial charge in [-0.2, -0.15) is 0 Å². The molecule has 0 fully saturated rings. The Bertz CT molecular complexity index is 586. The standard InChI is InChI=1S/C13H14N4O2/c1-2-6-15-13-12(14-7-8-16-13)10-4-3-5-11(9-10)17(18)19/h3-5,7-9H,2,6H2,1H3,(H,15,16). The number of aromatic nitrogens is 2. The zero-order chi connectivity index (χ0) is 13.7. The maximum absolute atomic E-state index is 10.8. The van der Waals surface area contributed by atoms with E-state index in [4.69, 9.17) is 0 Å². The predicted octanol–water partition coefficient (Wildman–Crippen LogP) is 2.87. The van der Waals surface area contributed by atoms with Crippen LogP contribution in [0, 0.1) is 10.1 Å². The molecule has 2 rings (SSSR count). The van der Waals surface area contributed by atoms with Crippen molar-refractivity contribution in [3.63, 3.8) is 0 Å². The van der Waals surface area contributed by atoms with Gasteiger partial charge in [0.2, 0.25) is 0 Å². The van der Waals surface area contributed by atoms with Gasteiger partial charge in [0.25, 0.3) is 5.69 Å². The number of rotatable bonds is 5. The number of anilines is 1.